The molecule has 0 aliphatic heterocycles. The minimum atomic E-state index is -4.94. The van der Waals surface area contributed by atoms with Crippen molar-refractivity contribution >= 4 is 27.5 Å². The Morgan fingerprint density at radius 1 is 1.05 bits per heavy atom. The van der Waals surface area contributed by atoms with Gasteiger partial charge in [0, 0.05) is 5.69 Å². The Bertz CT molecular complexity index is 476. The molecule has 1 rings (SSSR count). The molecule has 0 saturated carbocycles. The van der Waals surface area contributed by atoms with Crippen LogP contribution in [0.1, 0.15) is 18.1 Å². The number of anilines is 1. The van der Waals surface area contributed by atoms with Gasteiger partial charge in [0.1, 0.15) is 0 Å². The van der Waals surface area contributed by atoms with Gasteiger partial charge in [0.15, 0.2) is 0 Å². The van der Waals surface area contributed by atoms with E-state index in [0.717, 1.165) is 0 Å². The first-order chi connectivity index (χ1) is 8.91. The van der Waals surface area contributed by atoms with Gasteiger partial charge in [-0.3, -0.25) is 4.79 Å². The number of carbonyl (C=O) groups excluding carboxylic acids is 1. The van der Waals surface area contributed by atoms with E-state index in [1.54, 1.807) is 0 Å². The Morgan fingerprint density at radius 3 is 1.75 bits per heavy atom. The Kier molecular flexibility index (Phi) is 4.73. The van der Waals surface area contributed by atoms with E-state index in [1.807, 2.05) is 5.32 Å². The van der Waals surface area contributed by atoms with E-state index in [9.17, 15) is 31.1 Å². The zero-order valence-corrected chi connectivity index (χ0v) is 11.4. The Hall–Kier alpha value is -1.25. The maximum Gasteiger partial charge on any atom is 0.416 e. The highest BCUT2D eigenvalue weighted by molar-refractivity contribution is 9.10. The fourth-order valence-corrected chi connectivity index (χ4v) is 1.38. The first-order valence-electron chi connectivity index (χ1n) is 5.15. The minimum absolute atomic E-state index is 0.00673. The van der Waals surface area contributed by atoms with Crippen LogP contribution in [0.25, 0.3) is 0 Å². The smallest absolute Gasteiger partial charge is 0.325 e. The van der Waals surface area contributed by atoms with Crippen LogP contribution < -0.4 is 5.32 Å². The van der Waals surface area contributed by atoms with Crippen LogP contribution in [-0.4, -0.2) is 10.7 Å². The van der Waals surface area contributed by atoms with Gasteiger partial charge in [-0.1, -0.05) is 15.9 Å². The first kappa shape index (κ1) is 16.8. The van der Waals surface area contributed by atoms with Gasteiger partial charge in [-0.15, -0.1) is 0 Å². The van der Waals surface area contributed by atoms with Crippen LogP contribution in [0.3, 0.4) is 0 Å². The van der Waals surface area contributed by atoms with E-state index in [0.29, 0.717) is 12.1 Å². The molecule has 0 unspecified atom stereocenters. The molecule has 0 heterocycles. The van der Waals surface area contributed by atoms with E-state index < -0.39 is 39.9 Å². The molecule has 0 radical (unpaired) electrons. The Balaban J connectivity index is 3.28. The molecule has 1 aromatic carbocycles. The molecule has 1 atom stereocenters. The van der Waals surface area contributed by atoms with Gasteiger partial charge in [0.05, 0.1) is 16.0 Å². The lowest BCUT2D eigenvalue weighted by molar-refractivity contribution is -0.143. The van der Waals surface area contributed by atoms with E-state index in [-0.39, 0.29) is 6.07 Å². The van der Waals surface area contributed by atoms with Crippen LogP contribution in [-0.2, 0) is 17.1 Å². The van der Waals surface area contributed by atoms with Gasteiger partial charge in [-0.2, -0.15) is 26.3 Å². The second-order valence-corrected chi connectivity index (χ2v) is 5.27. The summed E-state index contributed by atoms with van der Waals surface area (Å²) in [6, 6.07) is 0.887. The molecule has 0 aliphatic carbocycles. The highest BCUT2D eigenvalue weighted by Gasteiger charge is 2.37. The average Bonchev–Trinajstić information content (AvgIpc) is 2.26. The summed E-state index contributed by atoms with van der Waals surface area (Å²) in [6.07, 6.45) is -9.89. The van der Waals surface area contributed by atoms with Crippen molar-refractivity contribution in [3.8, 4) is 0 Å². The van der Waals surface area contributed by atoms with Crippen molar-refractivity contribution in [2.75, 3.05) is 5.32 Å². The van der Waals surface area contributed by atoms with Crippen molar-refractivity contribution in [3.63, 3.8) is 0 Å². The maximum atomic E-state index is 12.5. The number of benzene rings is 1. The summed E-state index contributed by atoms with van der Waals surface area (Å²) < 4.78 is 75.3. The zero-order valence-electron chi connectivity index (χ0n) is 9.86. The molecule has 2 nitrogen and oxygen atoms in total. The maximum absolute atomic E-state index is 12.5. The van der Waals surface area contributed by atoms with Crippen LogP contribution in [0.2, 0.25) is 0 Å². The molecule has 0 fully saturated rings. The fraction of sp³-hybridized carbons (Fsp3) is 0.364. The predicted octanol–water partition coefficient (Wildman–Crippen LogP) is 4.45. The van der Waals surface area contributed by atoms with Gasteiger partial charge < -0.3 is 5.32 Å². The number of nitrogens with one attached hydrogen (secondary N) is 1. The summed E-state index contributed by atoms with van der Waals surface area (Å²) in [5, 5.41) is 1.98. The van der Waals surface area contributed by atoms with E-state index >= 15 is 0 Å². The number of carbonyl (C=O) groups is 1. The first-order valence-corrected chi connectivity index (χ1v) is 6.07. The molecule has 20 heavy (non-hydrogen) atoms. The van der Waals surface area contributed by atoms with Gasteiger partial charge >= 0.3 is 12.4 Å². The van der Waals surface area contributed by atoms with Gasteiger partial charge in [-0.25, -0.2) is 0 Å². The van der Waals surface area contributed by atoms with Crippen molar-refractivity contribution in [2.45, 2.75) is 24.1 Å². The summed E-state index contributed by atoms with van der Waals surface area (Å²) in [4.78, 5) is 10.6. The molecule has 0 bridgehead atoms. The van der Waals surface area contributed by atoms with Crippen molar-refractivity contribution in [2.24, 2.45) is 0 Å². The lowest BCUT2D eigenvalue weighted by Gasteiger charge is -2.15. The number of alkyl halides is 7. The van der Waals surface area contributed by atoms with Crippen molar-refractivity contribution in [1.82, 2.24) is 0 Å². The SMILES string of the molecule is C[C@H](Br)C(=O)Nc1cc(C(F)(F)F)cc(C(F)(F)F)c1. The van der Waals surface area contributed by atoms with Crippen LogP contribution in [0.15, 0.2) is 18.2 Å². The Labute approximate surface area is 118 Å². The average molecular weight is 364 g/mol. The number of amides is 1. The van der Waals surface area contributed by atoms with Crippen LogP contribution in [0, 0.1) is 0 Å². The summed E-state index contributed by atoms with van der Waals surface area (Å²) in [7, 11) is 0. The van der Waals surface area contributed by atoms with Crippen molar-refractivity contribution in [1.29, 1.82) is 0 Å². The molecule has 1 amide bonds. The fourth-order valence-electron chi connectivity index (χ4n) is 1.27. The van der Waals surface area contributed by atoms with Crippen molar-refractivity contribution < 1.29 is 31.1 Å². The van der Waals surface area contributed by atoms with Gasteiger partial charge in [-0.05, 0) is 25.1 Å². The number of hydrogen-bond acceptors (Lipinski definition) is 1. The third-order valence-electron chi connectivity index (χ3n) is 2.22. The van der Waals surface area contributed by atoms with E-state index in [2.05, 4.69) is 15.9 Å². The molecule has 0 aromatic heterocycles. The number of hydrogen-bond donors (Lipinski definition) is 1. The lowest BCUT2D eigenvalue weighted by Crippen LogP contribution is -2.21. The Morgan fingerprint density at radius 2 is 1.45 bits per heavy atom. The highest BCUT2D eigenvalue weighted by atomic mass is 79.9. The predicted molar refractivity (Wildman–Crippen MR) is 63.5 cm³/mol. The van der Waals surface area contributed by atoms with Gasteiger partial charge in [0.2, 0.25) is 5.91 Å². The van der Waals surface area contributed by atoms with E-state index in [1.165, 1.54) is 6.92 Å². The lowest BCUT2D eigenvalue weighted by atomic mass is 10.1. The molecular weight excluding hydrogens is 356 g/mol. The monoisotopic (exact) mass is 363 g/mol. The van der Waals surface area contributed by atoms with Crippen LogP contribution in [0.4, 0.5) is 32.0 Å². The molecule has 1 N–H and O–H groups in total. The van der Waals surface area contributed by atoms with Crippen LogP contribution in [0.5, 0.6) is 0 Å². The molecule has 0 aliphatic rings. The summed E-state index contributed by atoms with van der Waals surface area (Å²) in [5.41, 5.74) is -3.53. The summed E-state index contributed by atoms with van der Waals surface area (Å²) in [6.45, 7) is 1.38. The molecule has 1 aromatic rings. The topological polar surface area (TPSA) is 29.1 Å². The number of halogens is 7. The quantitative estimate of drug-likeness (QED) is 0.610. The summed E-state index contributed by atoms with van der Waals surface area (Å²) in [5.74, 6) is -0.752. The largest absolute Gasteiger partial charge is 0.416 e. The molecule has 0 saturated heterocycles. The summed E-state index contributed by atoms with van der Waals surface area (Å²) >= 11 is 2.86. The molecule has 0 spiro atoms. The van der Waals surface area contributed by atoms with Crippen LogP contribution >= 0.6 is 15.9 Å². The number of rotatable bonds is 2. The second-order valence-electron chi connectivity index (χ2n) is 3.90. The van der Waals surface area contributed by atoms with Gasteiger partial charge in [0.25, 0.3) is 0 Å². The third-order valence-corrected chi connectivity index (χ3v) is 2.63. The normalized spacial score (nSPS) is 14.0. The highest BCUT2D eigenvalue weighted by Crippen LogP contribution is 2.37. The van der Waals surface area contributed by atoms with Crippen molar-refractivity contribution in [3.05, 3.63) is 29.3 Å². The third kappa shape index (κ3) is 4.39. The second kappa shape index (κ2) is 5.63. The standard InChI is InChI=1S/C11H8BrF6NO/c1-5(12)9(20)19-8-3-6(10(13,14)15)2-7(4-8)11(16,17)18/h2-5H,1H3,(H,19,20)/t5-/m0/s1. The van der Waals surface area contributed by atoms with E-state index in [4.69, 9.17) is 0 Å². The zero-order chi connectivity index (χ0) is 15.7. The molecule has 112 valence electrons. The molecule has 9 heteroatoms. The molecular formula is C11H8BrF6NO. The minimum Gasteiger partial charge on any atom is -0.325 e.